The quantitative estimate of drug-likeness (QED) is 0.398. The second-order valence-electron chi connectivity index (χ2n) is 4.31. The van der Waals surface area contributed by atoms with Crippen LogP contribution in [0.25, 0.3) is 0 Å². The second kappa shape index (κ2) is 6.85. The van der Waals surface area contributed by atoms with Gasteiger partial charge in [0, 0.05) is 18.2 Å². The Hall–Kier alpha value is -2.15. The molecule has 0 aliphatic rings. The van der Waals surface area contributed by atoms with Gasteiger partial charge in [0.05, 0.1) is 17.0 Å². The number of anilines is 1. The number of benzene rings is 1. The Morgan fingerprint density at radius 1 is 1.50 bits per heavy atom. The summed E-state index contributed by atoms with van der Waals surface area (Å²) in [4.78, 5) is 22.3. The lowest BCUT2D eigenvalue weighted by atomic mass is 9.98. The maximum Gasteiger partial charge on any atom is 0.293 e. The summed E-state index contributed by atoms with van der Waals surface area (Å²) >= 11 is 0. The molecule has 0 unspecified atom stereocenters. The summed E-state index contributed by atoms with van der Waals surface area (Å²) in [7, 11) is 0. The van der Waals surface area contributed by atoms with Crippen molar-refractivity contribution in [2.45, 2.75) is 26.7 Å². The number of carbonyl (C=O) groups is 1. The van der Waals surface area contributed by atoms with Gasteiger partial charge in [-0.2, -0.15) is 0 Å². The molecule has 20 heavy (non-hydrogen) atoms. The van der Waals surface area contributed by atoms with E-state index in [9.17, 15) is 20.0 Å². The minimum Gasteiger partial charge on any atom is -0.507 e. The minimum atomic E-state index is -0.566. The van der Waals surface area contributed by atoms with Gasteiger partial charge in [0.25, 0.3) is 5.69 Å². The molecule has 1 aromatic rings. The standard InChI is InChI=1S/C13H19N3O4/c1-3-5-8-12(15-4-2)10(16(19)20)6-9(13(8)18)11(17)7-14/h6,15,18H,3-5,7,14H2,1-2H3. The highest BCUT2D eigenvalue weighted by atomic mass is 16.6. The largest absolute Gasteiger partial charge is 0.507 e. The fourth-order valence-corrected chi connectivity index (χ4v) is 2.05. The maximum absolute atomic E-state index is 11.7. The first-order chi connectivity index (χ1) is 9.47. The summed E-state index contributed by atoms with van der Waals surface area (Å²) in [5.74, 6) is -0.741. The Morgan fingerprint density at radius 2 is 2.15 bits per heavy atom. The topological polar surface area (TPSA) is 118 Å². The van der Waals surface area contributed by atoms with E-state index in [0.717, 1.165) is 6.07 Å². The monoisotopic (exact) mass is 281 g/mol. The van der Waals surface area contributed by atoms with Crippen molar-refractivity contribution in [1.29, 1.82) is 0 Å². The highest BCUT2D eigenvalue weighted by molar-refractivity contribution is 6.02. The van der Waals surface area contributed by atoms with Crippen molar-refractivity contribution in [3.8, 4) is 5.75 Å². The van der Waals surface area contributed by atoms with Crippen molar-refractivity contribution in [2.75, 3.05) is 18.4 Å². The average Bonchev–Trinajstić information content (AvgIpc) is 2.42. The SMILES string of the molecule is CCCc1c(O)c(C(=O)CN)cc([N+](=O)[O-])c1NCC. The van der Waals surface area contributed by atoms with Gasteiger partial charge in [-0.05, 0) is 13.3 Å². The first-order valence-electron chi connectivity index (χ1n) is 6.48. The summed E-state index contributed by atoms with van der Waals surface area (Å²) in [6.45, 7) is 3.85. The Bertz CT molecular complexity index is 529. The van der Waals surface area contributed by atoms with E-state index in [-0.39, 0.29) is 29.2 Å². The van der Waals surface area contributed by atoms with Crippen molar-refractivity contribution in [3.63, 3.8) is 0 Å². The summed E-state index contributed by atoms with van der Waals surface area (Å²) in [6.07, 6.45) is 1.12. The Morgan fingerprint density at radius 3 is 2.60 bits per heavy atom. The van der Waals surface area contributed by atoms with Gasteiger partial charge in [-0.15, -0.1) is 0 Å². The van der Waals surface area contributed by atoms with Crippen LogP contribution in [0.4, 0.5) is 11.4 Å². The zero-order valence-corrected chi connectivity index (χ0v) is 11.6. The molecule has 1 rings (SSSR count). The zero-order chi connectivity index (χ0) is 15.3. The van der Waals surface area contributed by atoms with Crippen LogP contribution in [0.15, 0.2) is 6.07 Å². The van der Waals surface area contributed by atoms with E-state index in [4.69, 9.17) is 5.73 Å². The lowest BCUT2D eigenvalue weighted by Gasteiger charge is -2.15. The summed E-state index contributed by atoms with van der Waals surface area (Å²) in [5.41, 5.74) is 5.62. The van der Waals surface area contributed by atoms with E-state index in [1.54, 1.807) is 6.92 Å². The maximum atomic E-state index is 11.7. The summed E-state index contributed by atoms with van der Waals surface area (Å²) in [5, 5.41) is 24.3. The summed E-state index contributed by atoms with van der Waals surface area (Å²) in [6, 6.07) is 1.08. The molecule has 110 valence electrons. The number of nitro groups is 1. The van der Waals surface area contributed by atoms with E-state index in [1.807, 2.05) is 6.92 Å². The number of ketones is 1. The molecule has 0 radical (unpaired) electrons. The van der Waals surface area contributed by atoms with Crippen LogP contribution in [0.2, 0.25) is 0 Å². The Balaban J connectivity index is 3.61. The number of nitrogens with zero attached hydrogens (tertiary/aromatic N) is 1. The van der Waals surface area contributed by atoms with Gasteiger partial charge in [-0.25, -0.2) is 0 Å². The number of hydrogen-bond acceptors (Lipinski definition) is 6. The third kappa shape index (κ3) is 3.05. The van der Waals surface area contributed by atoms with Crippen LogP contribution in [0, 0.1) is 10.1 Å². The van der Waals surface area contributed by atoms with Crippen LogP contribution in [0.3, 0.4) is 0 Å². The molecule has 0 amide bonds. The number of nitrogens with two attached hydrogens (primary N) is 1. The van der Waals surface area contributed by atoms with Crippen LogP contribution in [0.5, 0.6) is 5.75 Å². The first kappa shape index (κ1) is 15.9. The van der Waals surface area contributed by atoms with Crippen LogP contribution in [-0.4, -0.2) is 28.9 Å². The fraction of sp³-hybridized carbons (Fsp3) is 0.462. The van der Waals surface area contributed by atoms with Crippen molar-refractivity contribution in [1.82, 2.24) is 0 Å². The van der Waals surface area contributed by atoms with E-state index < -0.39 is 10.7 Å². The lowest BCUT2D eigenvalue weighted by Crippen LogP contribution is -2.16. The molecule has 0 aliphatic heterocycles. The smallest absolute Gasteiger partial charge is 0.293 e. The number of carbonyl (C=O) groups excluding carboxylic acids is 1. The van der Waals surface area contributed by atoms with Crippen molar-refractivity contribution in [2.24, 2.45) is 5.73 Å². The van der Waals surface area contributed by atoms with Crippen LogP contribution >= 0.6 is 0 Å². The zero-order valence-electron chi connectivity index (χ0n) is 11.6. The number of hydrogen-bond donors (Lipinski definition) is 3. The third-order valence-corrected chi connectivity index (χ3v) is 2.92. The van der Waals surface area contributed by atoms with Gasteiger partial charge in [0.15, 0.2) is 5.78 Å². The molecular weight excluding hydrogens is 262 g/mol. The molecule has 0 spiro atoms. The summed E-state index contributed by atoms with van der Waals surface area (Å²) < 4.78 is 0. The van der Waals surface area contributed by atoms with Crippen LogP contribution in [-0.2, 0) is 6.42 Å². The number of rotatable bonds is 7. The van der Waals surface area contributed by atoms with Gasteiger partial charge >= 0.3 is 0 Å². The molecule has 0 heterocycles. The molecule has 0 bridgehead atoms. The number of aromatic hydroxyl groups is 1. The van der Waals surface area contributed by atoms with Gasteiger partial charge < -0.3 is 16.2 Å². The van der Waals surface area contributed by atoms with Crippen molar-refractivity contribution < 1.29 is 14.8 Å². The molecule has 4 N–H and O–H groups in total. The van der Waals surface area contributed by atoms with Crippen molar-refractivity contribution in [3.05, 3.63) is 27.3 Å². The number of nitro benzene ring substituents is 1. The van der Waals surface area contributed by atoms with E-state index in [0.29, 0.717) is 24.9 Å². The number of nitrogens with one attached hydrogen (secondary N) is 1. The Kier molecular flexibility index (Phi) is 5.45. The molecule has 7 heteroatoms. The van der Waals surface area contributed by atoms with Crippen LogP contribution in [0.1, 0.15) is 36.2 Å². The van der Waals surface area contributed by atoms with Crippen molar-refractivity contribution >= 4 is 17.2 Å². The molecule has 0 aliphatic carbocycles. The molecule has 7 nitrogen and oxygen atoms in total. The van der Waals surface area contributed by atoms with Gasteiger partial charge in [0.2, 0.25) is 0 Å². The molecule has 1 aromatic carbocycles. The highest BCUT2D eigenvalue weighted by Crippen LogP contribution is 2.38. The molecule has 0 atom stereocenters. The van der Waals surface area contributed by atoms with E-state index in [1.165, 1.54) is 0 Å². The van der Waals surface area contributed by atoms with Gasteiger partial charge in [-0.3, -0.25) is 14.9 Å². The highest BCUT2D eigenvalue weighted by Gasteiger charge is 2.26. The average molecular weight is 281 g/mol. The molecule has 0 saturated carbocycles. The van der Waals surface area contributed by atoms with Gasteiger partial charge in [-0.1, -0.05) is 13.3 Å². The van der Waals surface area contributed by atoms with Crippen LogP contribution < -0.4 is 11.1 Å². The lowest BCUT2D eigenvalue weighted by molar-refractivity contribution is -0.384. The predicted molar refractivity (Wildman–Crippen MR) is 76.3 cm³/mol. The third-order valence-electron chi connectivity index (χ3n) is 2.92. The first-order valence-corrected chi connectivity index (χ1v) is 6.48. The van der Waals surface area contributed by atoms with E-state index in [2.05, 4.69) is 5.32 Å². The second-order valence-corrected chi connectivity index (χ2v) is 4.31. The normalized spacial score (nSPS) is 10.3. The molecular formula is C13H19N3O4. The van der Waals surface area contributed by atoms with E-state index >= 15 is 0 Å². The molecule has 0 saturated heterocycles. The molecule has 0 aromatic heterocycles. The Labute approximate surface area is 116 Å². The number of Topliss-reactive ketones (excluding diaryl/α,β-unsaturated/α-hetero) is 1. The number of phenols is 1. The molecule has 0 fully saturated rings. The number of phenolic OH excluding ortho intramolecular Hbond substituents is 1. The fourth-order valence-electron chi connectivity index (χ4n) is 2.05. The minimum absolute atomic E-state index is 0.0932. The van der Waals surface area contributed by atoms with Gasteiger partial charge in [0.1, 0.15) is 11.4 Å². The predicted octanol–water partition coefficient (Wildman–Crippen LogP) is 1.83.